The van der Waals surface area contributed by atoms with Gasteiger partial charge in [-0.1, -0.05) is 54.1 Å². The van der Waals surface area contributed by atoms with Crippen molar-refractivity contribution in [3.05, 3.63) is 93.7 Å². The Hall–Kier alpha value is -2.57. The van der Waals surface area contributed by atoms with Gasteiger partial charge in [0.05, 0.1) is 23.0 Å². The Kier molecular flexibility index (Phi) is 7.01. The van der Waals surface area contributed by atoms with Crippen molar-refractivity contribution in [3.63, 3.8) is 0 Å². The van der Waals surface area contributed by atoms with Crippen LogP contribution in [-0.4, -0.2) is 58.4 Å². The Labute approximate surface area is 222 Å². The highest BCUT2D eigenvalue weighted by atomic mass is 35.5. The van der Waals surface area contributed by atoms with Crippen molar-refractivity contribution in [2.75, 3.05) is 13.6 Å². The lowest BCUT2D eigenvalue weighted by Gasteiger charge is -2.37. The fourth-order valence-electron chi connectivity index (χ4n) is 5.25. The van der Waals surface area contributed by atoms with E-state index in [1.165, 1.54) is 11.3 Å². The molecule has 0 spiro atoms. The highest BCUT2D eigenvalue weighted by Crippen LogP contribution is 2.45. The summed E-state index contributed by atoms with van der Waals surface area (Å²) in [5.41, 5.74) is 6.35. The minimum Gasteiger partial charge on any atom is -0.376 e. The molecule has 1 fully saturated rings. The molecule has 5 rings (SSSR count). The number of rotatable bonds is 6. The third-order valence-electron chi connectivity index (χ3n) is 7.37. The molecule has 3 unspecified atom stereocenters. The maximum atomic E-state index is 14.2. The number of thioether (sulfide) groups is 1. The molecule has 0 saturated carbocycles. The second-order valence-corrected chi connectivity index (χ2v) is 11.3. The number of hydrogen-bond acceptors (Lipinski definition) is 5. The molecule has 1 saturated heterocycles. The van der Waals surface area contributed by atoms with Gasteiger partial charge in [0.25, 0.3) is 0 Å². The van der Waals surface area contributed by atoms with E-state index in [9.17, 15) is 4.39 Å². The number of nitrogens with zero attached hydrogens (tertiary/aromatic N) is 4. The van der Waals surface area contributed by atoms with E-state index >= 15 is 0 Å². The Morgan fingerprint density at radius 2 is 2.11 bits per heavy atom. The van der Waals surface area contributed by atoms with Gasteiger partial charge in [-0.25, -0.2) is 4.39 Å². The largest absolute Gasteiger partial charge is 0.376 e. The van der Waals surface area contributed by atoms with Gasteiger partial charge >= 0.3 is 0 Å². The molecule has 188 valence electrons. The first-order valence-electron chi connectivity index (χ1n) is 12.4. The molecular weight excluding hydrogens is 491 g/mol. The zero-order valence-electron chi connectivity index (χ0n) is 21.2. The summed E-state index contributed by atoms with van der Waals surface area (Å²) in [4.78, 5) is 14.8. The van der Waals surface area contributed by atoms with Crippen LogP contribution >= 0.6 is 23.4 Å². The van der Waals surface area contributed by atoms with Crippen molar-refractivity contribution >= 4 is 34.9 Å². The Morgan fingerprint density at radius 1 is 1.31 bits per heavy atom. The minimum absolute atomic E-state index is 0.116. The van der Waals surface area contributed by atoms with E-state index in [0.29, 0.717) is 5.02 Å². The van der Waals surface area contributed by atoms with Crippen molar-refractivity contribution in [2.24, 2.45) is 9.98 Å². The number of fused-ring (bicyclic) bond motifs is 1. The van der Waals surface area contributed by atoms with E-state index in [1.54, 1.807) is 18.7 Å². The lowest BCUT2D eigenvalue weighted by molar-refractivity contribution is 0.335. The molecule has 4 heterocycles. The van der Waals surface area contributed by atoms with Gasteiger partial charge in [-0.2, -0.15) is 0 Å². The fraction of sp³-hybridized carbons (Fsp3) is 0.379. The molecule has 0 N–H and O–H groups in total. The number of allylic oxidation sites excluding steroid dienone is 3. The van der Waals surface area contributed by atoms with Gasteiger partial charge in [0.15, 0.2) is 0 Å². The Bertz CT molecular complexity index is 1260. The molecule has 0 aromatic heterocycles. The first-order valence-corrected chi connectivity index (χ1v) is 13.7. The average Bonchev–Trinajstić information content (AvgIpc) is 3.51. The van der Waals surface area contributed by atoms with Crippen molar-refractivity contribution in [3.8, 4) is 0 Å². The summed E-state index contributed by atoms with van der Waals surface area (Å²) < 4.78 is 14.2. The van der Waals surface area contributed by atoms with Crippen LogP contribution in [0.4, 0.5) is 4.39 Å². The van der Waals surface area contributed by atoms with Crippen molar-refractivity contribution in [1.82, 2.24) is 9.80 Å². The van der Waals surface area contributed by atoms with Gasteiger partial charge in [0.2, 0.25) is 0 Å². The zero-order chi connectivity index (χ0) is 25.6. The van der Waals surface area contributed by atoms with Crippen LogP contribution in [0.5, 0.6) is 0 Å². The van der Waals surface area contributed by atoms with E-state index in [4.69, 9.17) is 21.6 Å². The third-order valence-corrected chi connectivity index (χ3v) is 8.87. The summed E-state index contributed by atoms with van der Waals surface area (Å²) >= 11 is 8.63. The summed E-state index contributed by atoms with van der Waals surface area (Å²) in [6, 6.07) is 5.61. The molecule has 0 aliphatic carbocycles. The highest BCUT2D eigenvalue weighted by molar-refractivity contribution is 8.03. The predicted molar refractivity (Wildman–Crippen MR) is 152 cm³/mol. The number of benzene rings is 1. The summed E-state index contributed by atoms with van der Waals surface area (Å²) in [5.74, 6) is 1.04. The normalized spacial score (nSPS) is 28.1. The molecule has 5 atom stereocenters. The second-order valence-electron chi connectivity index (χ2n) is 9.89. The van der Waals surface area contributed by atoms with E-state index < -0.39 is 12.2 Å². The van der Waals surface area contributed by atoms with Gasteiger partial charge in [0, 0.05) is 36.3 Å². The molecule has 7 heteroatoms. The summed E-state index contributed by atoms with van der Waals surface area (Å²) in [6.07, 6.45) is 9.74. The predicted octanol–water partition coefficient (Wildman–Crippen LogP) is 6.82. The molecule has 0 amide bonds. The Morgan fingerprint density at radius 3 is 2.78 bits per heavy atom. The molecule has 0 radical (unpaired) electrons. The van der Waals surface area contributed by atoms with Crippen LogP contribution in [0.3, 0.4) is 0 Å². The van der Waals surface area contributed by atoms with Gasteiger partial charge in [0.1, 0.15) is 18.0 Å². The Balaban J connectivity index is 1.71. The van der Waals surface area contributed by atoms with Gasteiger partial charge < -0.3 is 9.80 Å². The van der Waals surface area contributed by atoms with Crippen LogP contribution in [0.2, 0.25) is 5.02 Å². The molecule has 1 aromatic carbocycles. The molecule has 4 aliphatic rings. The molecule has 4 aliphatic heterocycles. The van der Waals surface area contributed by atoms with Crippen LogP contribution in [0.25, 0.3) is 0 Å². The topological polar surface area (TPSA) is 31.2 Å². The monoisotopic (exact) mass is 522 g/mol. The number of halogens is 2. The number of aryl methyl sites for hydroxylation is 1. The quantitative estimate of drug-likeness (QED) is 0.411. The minimum atomic E-state index is -1.05. The first-order chi connectivity index (χ1) is 17.3. The molecule has 36 heavy (non-hydrogen) atoms. The van der Waals surface area contributed by atoms with Gasteiger partial charge in [-0.3, -0.25) is 9.98 Å². The number of amidine groups is 1. The summed E-state index contributed by atoms with van der Waals surface area (Å²) in [5, 5.41) is 2.94. The van der Waals surface area contributed by atoms with Gasteiger partial charge in [-0.15, -0.1) is 11.8 Å². The van der Waals surface area contributed by atoms with Crippen molar-refractivity contribution < 1.29 is 4.39 Å². The van der Waals surface area contributed by atoms with E-state index in [0.717, 1.165) is 41.2 Å². The molecule has 4 nitrogen and oxygen atoms in total. The molecule has 1 aromatic rings. The lowest BCUT2D eigenvalue weighted by atomic mass is 9.90. The maximum absolute atomic E-state index is 14.2. The number of alkyl halides is 1. The van der Waals surface area contributed by atoms with Crippen LogP contribution in [0.15, 0.2) is 87.5 Å². The van der Waals surface area contributed by atoms with Crippen LogP contribution in [0.1, 0.15) is 37.4 Å². The van der Waals surface area contributed by atoms with Crippen molar-refractivity contribution in [1.29, 1.82) is 0 Å². The second kappa shape index (κ2) is 10.1. The number of likely N-dealkylation sites (N-methyl/N-ethyl adjacent to an activating group) is 1. The van der Waals surface area contributed by atoms with Crippen LogP contribution in [0, 0.1) is 6.92 Å². The van der Waals surface area contributed by atoms with E-state index in [1.807, 2.05) is 31.3 Å². The molecular formula is C29H32ClFN4S. The van der Waals surface area contributed by atoms with Crippen LogP contribution < -0.4 is 0 Å². The highest BCUT2D eigenvalue weighted by Gasteiger charge is 2.43. The number of aliphatic imine (C=N–C) groups is 2. The van der Waals surface area contributed by atoms with E-state index in [-0.39, 0.29) is 17.3 Å². The third kappa shape index (κ3) is 4.50. The van der Waals surface area contributed by atoms with Gasteiger partial charge in [-0.05, 0) is 55.6 Å². The first kappa shape index (κ1) is 25.1. The average molecular weight is 523 g/mol. The van der Waals surface area contributed by atoms with E-state index in [2.05, 4.69) is 60.0 Å². The fourth-order valence-corrected chi connectivity index (χ4v) is 6.52. The standard InChI is InChI=1S/C29H32ClFN4S/c1-6-34(5)20-15-25-26(24-12-11-23(32-24)19(4)31)27(21-10-9-17(2)14-22(21)30)33-29(35(25)16-20)28-18(3)8-7-13-36-28/h6-14,19-20,23,27-28H,1,15-16H2,2-5H3/t19?,20-,23?,27-,28?/m0/s1. The maximum Gasteiger partial charge on any atom is 0.123 e. The SMILES string of the molecule is C=CN(C)[C@H]1CC2=C(C3=NC(C(C)F)C=C3)[C@H](c3ccc(C)cc3Cl)N=C(C3SC=CC=C3C)N2C1. The number of hydrogen-bond donors (Lipinski definition) is 0. The summed E-state index contributed by atoms with van der Waals surface area (Å²) in [6.45, 7) is 10.6. The zero-order valence-corrected chi connectivity index (χ0v) is 22.7. The van der Waals surface area contributed by atoms with Crippen molar-refractivity contribution in [2.45, 2.75) is 56.7 Å². The lowest BCUT2D eigenvalue weighted by Crippen LogP contribution is -2.42. The smallest absolute Gasteiger partial charge is 0.123 e. The molecule has 0 bridgehead atoms. The summed E-state index contributed by atoms with van der Waals surface area (Å²) in [7, 11) is 2.07. The van der Waals surface area contributed by atoms with Crippen LogP contribution in [-0.2, 0) is 0 Å².